The van der Waals surface area contributed by atoms with Gasteiger partial charge in [0.1, 0.15) is 37.1 Å². The number of nitrogens with zero attached hydrogens (tertiary/aromatic N) is 1. The molecule has 10 heteroatoms. The fourth-order valence-electron chi connectivity index (χ4n) is 8.04. The summed E-state index contributed by atoms with van der Waals surface area (Å²) < 4.78 is 50.7. The van der Waals surface area contributed by atoms with Crippen molar-refractivity contribution in [2.75, 3.05) is 86.7 Å². The molecule has 0 aromatic rings. The molecule has 0 N–H and O–H groups in total. The lowest BCUT2D eigenvalue weighted by atomic mass is 10.1. The smallest absolute Gasteiger partial charge is 0.305 e. The summed E-state index contributed by atoms with van der Waals surface area (Å²) in [4.78, 5) is 14.8. The Morgan fingerprint density at radius 3 is 1.33 bits per heavy atom. The van der Waals surface area contributed by atoms with Crippen LogP contribution >= 0.6 is 0 Å². The molecule has 1 aliphatic heterocycles. The second-order valence-corrected chi connectivity index (χ2v) is 18.8. The van der Waals surface area contributed by atoms with Crippen molar-refractivity contribution in [1.29, 1.82) is 0 Å². The van der Waals surface area contributed by atoms with E-state index in [1.165, 1.54) is 154 Å². The van der Waals surface area contributed by atoms with E-state index in [9.17, 15) is 4.79 Å². The van der Waals surface area contributed by atoms with Crippen LogP contribution in [0.2, 0.25) is 0 Å². The van der Waals surface area contributed by atoms with Crippen LogP contribution in [-0.2, 0) is 42.7 Å². The fourth-order valence-corrected chi connectivity index (χ4v) is 8.04. The van der Waals surface area contributed by atoms with Gasteiger partial charge in [0.2, 0.25) is 0 Å². The maximum Gasteiger partial charge on any atom is 0.305 e. The molecule has 63 heavy (non-hydrogen) atoms. The molecule has 0 spiro atoms. The summed E-state index contributed by atoms with van der Waals surface area (Å²) in [5.41, 5.74) is 0. The van der Waals surface area contributed by atoms with E-state index in [-0.39, 0.29) is 30.9 Å². The van der Waals surface area contributed by atoms with Crippen LogP contribution in [0.5, 0.6) is 0 Å². The summed E-state index contributed by atoms with van der Waals surface area (Å²) in [5, 5.41) is 0. The first-order valence-electron chi connectivity index (χ1n) is 27.0. The van der Waals surface area contributed by atoms with Gasteiger partial charge in [-0.25, -0.2) is 0 Å². The molecule has 1 saturated heterocycles. The van der Waals surface area contributed by atoms with Crippen molar-refractivity contribution in [1.82, 2.24) is 4.90 Å². The molecule has 1 heterocycles. The molecule has 10 nitrogen and oxygen atoms in total. The van der Waals surface area contributed by atoms with Crippen LogP contribution in [-0.4, -0.2) is 128 Å². The zero-order valence-electron chi connectivity index (χ0n) is 42.5. The topological polar surface area (TPSA) is 94.2 Å². The summed E-state index contributed by atoms with van der Waals surface area (Å²) in [6.45, 7) is 15.0. The van der Waals surface area contributed by atoms with E-state index in [2.05, 4.69) is 32.6 Å². The van der Waals surface area contributed by atoms with Crippen molar-refractivity contribution in [3.8, 4) is 0 Å². The third kappa shape index (κ3) is 37.9. The van der Waals surface area contributed by atoms with E-state index < -0.39 is 12.2 Å². The van der Waals surface area contributed by atoms with Crippen molar-refractivity contribution in [2.45, 2.75) is 251 Å². The fraction of sp³-hybridized carbons (Fsp3) is 0.981. The lowest BCUT2D eigenvalue weighted by molar-refractivity contribution is -0.153. The molecule has 0 aliphatic carbocycles. The molecule has 376 valence electrons. The van der Waals surface area contributed by atoms with Gasteiger partial charge in [-0.15, -0.1) is 0 Å². The third-order valence-corrected chi connectivity index (χ3v) is 12.2. The standard InChI is InChI=1S/C53H105NO9/c1-7-11-15-19-23-27-31-38-56-42-48(58-40-33-29-25-21-17-13-9-3)44-60-50-46-61-51(47-62-52(55)36-35-37-54(5)6)53(50)63-45-49(59-41-34-30-26-22-18-14-10-4)43-57-39-32-28-24-20-16-12-8-2/h48-51,53H,7-47H2,1-6H3/t48?,49?,50-,51+,53+/m0/s1. The molecular weight excluding hydrogens is 795 g/mol. The predicted molar refractivity (Wildman–Crippen MR) is 261 cm³/mol. The highest BCUT2D eigenvalue weighted by atomic mass is 16.6. The van der Waals surface area contributed by atoms with Gasteiger partial charge >= 0.3 is 5.97 Å². The number of unbranched alkanes of at least 4 members (excludes halogenated alkanes) is 24. The average molecular weight is 900 g/mol. The highest BCUT2D eigenvalue weighted by molar-refractivity contribution is 5.69. The number of esters is 1. The molecule has 1 rings (SSSR count). The van der Waals surface area contributed by atoms with Gasteiger partial charge in [0.05, 0.1) is 33.0 Å². The van der Waals surface area contributed by atoms with Crippen molar-refractivity contribution in [2.24, 2.45) is 0 Å². The highest BCUT2D eigenvalue weighted by Gasteiger charge is 2.41. The molecule has 1 fully saturated rings. The van der Waals surface area contributed by atoms with Crippen LogP contribution in [0.4, 0.5) is 0 Å². The van der Waals surface area contributed by atoms with Crippen LogP contribution in [0, 0.1) is 0 Å². The molecule has 0 radical (unpaired) electrons. The monoisotopic (exact) mass is 900 g/mol. The van der Waals surface area contributed by atoms with Crippen molar-refractivity contribution >= 4 is 5.97 Å². The quantitative estimate of drug-likeness (QED) is 0.0434. The maximum absolute atomic E-state index is 12.8. The van der Waals surface area contributed by atoms with Gasteiger partial charge < -0.3 is 42.8 Å². The Bertz CT molecular complexity index is 942. The van der Waals surface area contributed by atoms with Crippen LogP contribution in [0.1, 0.15) is 220 Å². The van der Waals surface area contributed by atoms with Crippen LogP contribution in [0.3, 0.4) is 0 Å². The van der Waals surface area contributed by atoms with Crippen LogP contribution in [0.15, 0.2) is 0 Å². The Hall–Kier alpha value is -0.850. The average Bonchev–Trinajstić information content (AvgIpc) is 3.67. The van der Waals surface area contributed by atoms with Crippen molar-refractivity contribution < 1.29 is 42.7 Å². The summed E-state index contributed by atoms with van der Waals surface area (Å²) in [7, 11) is 4.03. The zero-order valence-corrected chi connectivity index (χ0v) is 42.5. The molecule has 1 aliphatic rings. The van der Waals surface area contributed by atoms with Crippen LogP contribution < -0.4 is 0 Å². The summed E-state index contributed by atoms with van der Waals surface area (Å²) in [6.07, 6.45) is 34.5. The maximum atomic E-state index is 12.8. The number of hydrogen-bond donors (Lipinski definition) is 0. The zero-order chi connectivity index (χ0) is 45.7. The van der Waals surface area contributed by atoms with Gasteiger partial charge in [-0.3, -0.25) is 4.79 Å². The van der Waals surface area contributed by atoms with E-state index in [4.69, 9.17) is 37.9 Å². The van der Waals surface area contributed by atoms with Gasteiger partial charge in [-0.2, -0.15) is 0 Å². The predicted octanol–water partition coefficient (Wildman–Crippen LogP) is 12.8. The molecule has 0 bridgehead atoms. The molecule has 0 amide bonds. The van der Waals surface area contributed by atoms with Gasteiger partial charge in [0.15, 0.2) is 0 Å². The molecule has 0 saturated carbocycles. The number of hydrogen-bond acceptors (Lipinski definition) is 10. The van der Waals surface area contributed by atoms with Gasteiger partial charge in [0.25, 0.3) is 0 Å². The van der Waals surface area contributed by atoms with Crippen molar-refractivity contribution in [3.63, 3.8) is 0 Å². The molecule has 5 atom stereocenters. The minimum absolute atomic E-state index is 0.128. The number of carbonyl (C=O) groups is 1. The van der Waals surface area contributed by atoms with E-state index in [1.807, 2.05) is 14.1 Å². The van der Waals surface area contributed by atoms with E-state index >= 15 is 0 Å². The Labute approximate surface area is 390 Å². The first kappa shape index (κ1) is 60.2. The first-order chi connectivity index (χ1) is 30.9. The largest absolute Gasteiger partial charge is 0.463 e. The minimum atomic E-state index is -0.439. The lowest BCUT2D eigenvalue weighted by Gasteiger charge is -2.27. The Morgan fingerprint density at radius 1 is 0.508 bits per heavy atom. The highest BCUT2D eigenvalue weighted by Crippen LogP contribution is 2.23. The minimum Gasteiger partial charge on any atom is -0.463 e. The first-order valence-corrected chi connectivity index (χ1v) is 27.0. The molecule has 0 aromatic heterocycles. The Balaban J connectivity index is 2.93. The van der Waals surface area contributed by atoms with Crippen LogP contribution in [0.25, 0.3) is 0 Å². The Kier molecular flexibility index (Phi) is 44.2. The normalized spacial score (nSPS) is 17.5. The lowest BCUT2D eigenvalue weighted by Crippen LogP contribution is -2.42. The van der Waals surface area contributed by atoms with E-state index in [0.29, 0.717) is 52.7 Å². The van der Waals surface area contributed by atoms with E-state index in [1.54, 1.807) is 0 Å². The number of ether oxygens (including phenoxy) is 8. The molecule has 2 unspecified atom stereocenters. The van der Waals surface area contributed by atoms with Crippen molar-refractivity contribution in [3.05, 3.63) is 0 Å². The number of rotatable bonds is 50. The van der Waals surface area contributed by atoms with Gasteiger partial charge in [0, 0.05) is 32.8 Å². The summed E-state index contributed by atoms with van der Waals surface area (Å²) in [6, 6.07) is 0. The SMILES string of the molecule is CCCCCCCCCOCC(CO[C@@H]1[C@@H](OCC(COCCCCCCCCC)OCCCCCCCCC)CO[C@@H]1COC(=O)CCCN(C)C)OCCCCCCCCC. The Morgan fingerprint density at radius 2 is 0.905 bits per heavy atom. The van der Waals surface area contributed by atoms with Gasteiger partial charge in [-0.05, 0) is 52.7 Å². The molecular formula is C53H105NO9. The van der Waals surface area contributed by atoms with Gasteiger partial charge in [-0.1, -0.05) is 182 Å². The second-order valence-electron chi connectivity index (χ2n) is 18.8. The summed E-state index contributed by atoms with van der Waals surface area (Å²) >= 11 is 0. The number of carbonyl (C=O) groups excluding carboxylic acids is 1. The third-order valence-electron chi connectivity index (χ3n) is 12.2. The molecule has 0 aromatic carbocycles. The van der Waals surface area contributed by atoms with E-state index in [0.717, 1.165) is 51.9 Å². The second kappa shape index (κ2) is 46.3. The summed E-state index contributed by atoms with van der Waals surface area (Å²) in [5.74, 6) is -0.213.